The van der Waals surface area contributed by atoms with Crippen molar-refractivity contribution in [3.63, 3.8) is 0 Å². The Bertz CT molecular complexity index is 466. The van der Waals surface area contributed by atoms with E-state index in [1.165, 1.54) is 5.56 Å². The van der Waals surface area contributed by atoms with Gasteiger partial charge in [0.1, 0.15) is 0 Å². The van der Waals surface area contributed by atoms with E-state index in [0.717, 1.165) is 32.5 Å². The zero-order valence-electron chi connectivity index (χ0n) is 14.0. The molecule has 0 bridgehead atoms. The molecule has 0 saturated carbocycles. The van der Waals surface area contributed by atoms with Crippen LogP contribution in [0.5, 0.6) is 0 Å². The van der Waals surface area contributed by atoms with E-state index in [1.54, 1.807) is 0 Å². The molecule has 0 aliphatic carbocycles. The monoisotopic (exact) mass is 303 g/mol. The molecule has 22 heavy (non-hydrogen) atoms. The Morgan fingerprint density at radius 3 is 2.41 bits per heavy atom. The summed E-state index contributed by atoms with van der Waals surface area (Å²) in [6, 6.07) is 10.7. The van der Waals surface area contributed by atoms with Gasteiger partial charge in [0.05, 0.1) is 6.04 Å². The van der Waals surface area contributed by atoms with E-state index in [9.17, 15) is 4.79 Å². The van der Waals surface area contributed by atoms with Crippen molar-refractivity contribution in [2.45, 2.75) is 45.3 Å². The summed E-state index contributed by atoms with van der Waals surface area (Å²) in [4.78, 5) is 16.6. The molecule has 1 aliphatic rings. The molecular weight excluding hydrogens is 274 g/mol. The van der Waals surface area contributed by atoms with Gasteiger partial charge in [0.25, 0.3) is 0 Å². The lowest BCUT2D eigenvalue weighted by atomic mass is 9.99. The zero-order chi connectivity index (χ0) is 16.1. The molecule has 0 spiro atoms. The second-order valence-corrected chi connectivity index (χ2v) is 6.73. The van der Waals surface area contributed by atoms with Crippen LogP contribution in [0, 0.1) is 5.92 Å². The first-order chi connectivity index (χ1) is 10.5. The van der Waals surface area contributed by atoms with Crippen molar-refractivity contribution < 1.29 is 4.79 Å². The molecule has 1 aromatic carbocycles. The highest BCUT2D eigenvalue weighted by Gasteiger charge is 2.29. The van der Waals surface area contributed by atoms with Crippen molar-refractivity contribution in [3.8, 4) is 0 Å². The lowest BCUT2D eigenvalue weighted by molar-refractivity contribution is -0.135. The standard InChI is InChI=1S/C18H29N3O/c1-14(2)17(19)18(22)21-11-9-16(10-12-21)20(3)13-15-7-5-4-6-8-15/h4-8,14,16-17H,9-13,19H2,1-3H3/t17-/m0/s1. The van der Waals surface area contributed by atoms with E-state index in [0.29, 0.717) is 6.04 Å². The van der Waals surface area contributed by atoms with Crippen LogP contribution in [0.1, 0.15) is 32.3 Å². The van der Waals surface area contributed by atoms with Gasteiger partial charge >= 0.3 is 0 Å². The van der Waals surface area contributed by atoms with Gasteiger partial charge in [-0.15, -0.1) is 0 Å². The summed E-state index contributed by atoms with van der Waals surface area (Å²) in [7, 11) is 2.18. The third kappa shape index (κ3) is 4.31. The Balaban J connectivity index is 1.83. The summed E-state index contributed by atoms with van der Waals surface area (Å²) in [5.74, 6) is 0.310. The molecule has 2 rings (SSSR count). The van der Waals surface area contributed by atoms with Gasteiger partial charge in [-0.25, -0.2) is 0 Å². The smallest absolute Gasteiger partial charge is 0.239 e. The third-order valence-corrected chi connectivity index (χ3v) is 4.68. The molecule has 1 aromatic rings. The number of amides is 1. The summed E-state index contributed by atoms with van der Waals surface area (Å²) in [5, 5.41) is 0. The highest BCUT2D eigenvalue weighted by molar-refractivity contribution is 5.82. The van der Waals surface area contributed by atoms with Gasteiger partial charge in [-0.3, -0.25) is 9.69 Å². The van der Waals surface area contributed by atoms with Gasteiger partial charge in [-0.2, -0.15) is 0 Å². The van der Waals surface area contributed by atoms with Crippen LogP contribution in [0.25, 0.3) is 0 Å². The van der Waals surface area contributed by atoms with Crippen LogP contribution < -0.4 is 5.73 Å². The minimum absolute atomic E-state index is 0.110. The number of hydrogen-bond acceptors (Lipinski definition) is 3. The molecule has 1 aliphatic heterocycles. The molecule has 0 unspecified atom stereocenters. The molecule has 1 saturated heterocycles. The minimum Gasteiger partial charge on any atom is -0.341 e. The summed E-state index contributed by atoms with van der Waals surface area (Å²) in [6.45, 7) is 6.61. The van der Waals surface area contributed by atoms with Gasteiger partial charge in [0.2, 0.25) is 5.91 Å². The van der Waals surface area contributed by atoms with Crippen molar-refractivity contribution in [2.75, 3.05) is 20.1 Å². The quantitative estimate of drug-likeness (QED) is 0.906. The highest BCUT2D eigenvalue weighted by Crippen LogP contribution is 2.18. The summed E-state index contributed by atoms with van der Waals surface area (Å²) in [5.41, 5.74) is 7.32. The van der Waals surface area contributed by atoms with Crippen molar-refractivity contribution in [1.82, 2.24) is 9.80 Å². The van der Waals surface area contributed by atoms with Gasteiger partial charge in [0, 0.05) is 25.7 Å². The predicted molar refractivity (Wildman–Crippen MR) is 90.3 cm³/mol. The van der Waals surface area contributed by atoms with Crippen LogP contribution in [0.2, 0.25) is 0 Å². The average molecular weight is 303 g/mol. The Kier molecular flexibility index (Phi) is 5.98. The summed E-state index contributed by atoms with van der Waals surface area (Å²) in [6.07, 6.45) is 2.06. The van der Waals surface area contributed by atoms with Gasteiger partial charge in [0.15, 0.2) is 0 Å². The summed E-state index contributed by atoms with van der Waals surface area (Å²) >= 11 is 0. The van der Waals surface area contributed by atoms with Crippen molar-refractivity contribution in [3.05, 3.63) is 35.9 Å². The first kappa shape index (κ1) is 17.0. The maximum Gasteiger partial charge on any atom is 0.239 e. The SMILES string of the molecule is CC(C)[C@H](N)C(=O)N1CCC(N(C)Cc2ccccc2)CC1. The van der Waals surface area contributed by atoms with Crippen LogP contribution in [-0.4, -0.2) is 47.9 Å². The summed E-state index contributed by atoms with van der Waals surface area (Å²) < 4.78 is 0. The Morgan fingerprint density at radius 2 is 1.86 bits per heavy atom. The number of piperidine rings is 1. The predicted octanol–water partition coefficient (Wildman–Crippen LogP) is 2.09. The lowest BCUT2D eigenvalue weighted by Gasteiger charge is -2.38. The van der Waals surface area contributed by atoms with E-state index in [1.807, 2.05) is 24.8 Å². The number of rotatable bonds is 5. The fraction of sp³-hybridized carbons (Fsp3) is 0.611. The number of benzene rings is 1. The Morgan fingerprint density at radius 1 is 1.27 bits per heavy atom. The maximum atomic E-state index is 12.3. The second kappa shape index (κ2) is 7.75. The van der Waals surface area contributed by atoms with Gasteiger partial charge in [-0.1, -0.05) is 44.2 Å². The number of hydrogen-bond donors (Lipinski definition) is 1. The number of carbonyl (C=O) groups excluding carboxylic acids is 1. The number of nitrogens with zero attached hydrogens (tertiary/aromatic N) is 2. The maximum absolute atomic E-state index is 12.3. The number of nitrogens with two attached hydrogens (primary N) is 1. The first-order valence-electron chi connectivity index (χ1n) is 8.27. The molecule has 1 heterocycles. The largest absolute Gasteiger partial charge is 0.341 e. The first-order valence-corrected chi connectivity index (χ1v) is 8.27. The van der Waals surface area contributed by atoms with E-state index in [2.05, 4.69) is 36.2 Å². The molecule has 1 amide bonds. The molecule has 4 nitrogen and oxygen atoms in total. The molecular formula is C18H29N3O. The third-order valence-electron chi connectivity index (χ3n) is 4.68. The number of likely N-dealkylation sites (tertiary alicyclic amines) is 1. The van der Waals surface area contributed by atoms with Crippen LogP contribution in [0.15, 0.2) is 30.3 Å². The second-order valence-electron chi connectivity index (χ2n) is 6.73. The van der Waals surface area contributed by atoms with Gasteiger partial charge in [-0.05, 0) is 31.4 Å². The Hall–Kier alpha value is -1.39. The molecule has 1 fully saturated rings. The number of carbonyl (C=O) groups is 1. The molecule has 2 N–H and O–H groups in total. The van der Waals surface area contributed by atoms with Crippen molar-refractivity contribution in [2.24, 2.45) is 11.7 Å². The lowest BCUT2D eigenvalue weighted by Crippen LogP contribution is -2.51. The van der Waals surface area contributed by atoms with E-state index < -0.39 is 0 Å². The van der Waals surface area contributed by atoms with Crippen LogP contribution in [0.3, 0.4) is 0 Å². The van der Waals surface area contributed by atoms with E-state index >= 15 is 0 Å². The Labute approximate surface area is 134 Å². The minimum atomic E-state index is -0.362. The van der Waals surface area contributed by atoms with Crippen LogP contribution >= 0.6 is 0 Å². The van der Waals surface area contributed by atoms with Crippen molar-refractivity contribution >= 4 is 5.91 Å². The fourth-order valence-corrected chi connectivity index (χ4v) is 3.02. The zero-order valence-corrected chi connectivity index (χ0v) is 14.0. The van der Waals surface area contributed by atoms with Gasteiger partial charge < -0.3 is 10.6 Å². The average Bonchev–Trinajstić information content (AvgIpc) is 2.54. The molecule has 4 heteroatoms. The molecule has 122 valence electrons. The molecule has 0 radical (unpaired) electrons. The van der Waals surface area contributed by atoms with Crippen LogP contribution in [-0.2, 0) is 11.3 Å². The topological polar surface area (TPSA) is 49.6 Å². The van der Waals surface area contributed by atoms with E-state index in [-0.39, 0.29) is 17.9 Å². The van der Waals surface area contributed by atoms with E-state index in [4.69, 9.17) is 5.73 Å². The van der Waals surface area contributed by atoms with Crippen LogP contribution in [0.4, 0.5) is 0 Å². The molecule has 0 aromatic heterocycles. The normalized spacial score (nSPS) is 18.0. The van der Waals surface area contributed by atoms with Crippen molar-refractivity contribution in [1.29, 1.82) is 0 Å². The highest BCUT2D eigenvalue weighted by atomic mass is 16.2. The fourth-order valence-electron chi connectivity index (χ4n) is 3.02. The molecule has 1 atom stereocenters.